The summed E-state index contributed by atoms with van der Waals surface area (Å²) < 4.78 is 6.96. The van der Waals surface area contributed by atoms with Crippen molar-refractivity contribution in [3.8, 4) is 0 Å². The van der Waals surface area contributed by atoms with Crippen molar-refractivity contribution in [3.05, 3.63) is 24.2 Å². The van der Waals surface area contributed by atoms with Gasteiger partial charge in [0.15, 0.2) is 5.82 Å². The Morgan fingerprint density at radius 1 is 1.44 bits per heavy atom. The number of fused-ring (bicyclic) bond motifs is 1. The van der Waals surface area contributed by atoms with Gasteiger partial charge in [0.2, 0.25) is 0 Å². The molecule has 0 bridgehead atoms. The third kappa shape index (κ3) is 2.73. The lowest BCUT2D eigenvalue weighted by molar-refractivity contribution is 0.205. The highest BCUT2D eigenvalue weighted by Crippen LogP contribution is 2.19. The molecule has 0 unspecified atom stereocenters. The molecule has 2 heterocycles. The number of aryl methyl sites for hydroxylation is 1. The maximum absolute atomic E-state index is 5.85. The van der Waals surface area contributed by atoms with Crippen LogP contribution in [-0.2, 0) is 4.74 Å². The van der Waals surface area contributed by atoms with Gasteiger partial charge in [-0.15, -0.1) is 11.6 Å². The van der Waals surface area contributed by atoms with Gasteiger partial charge in [0.1, 0.15) is 5.52 Å². The van der Waals surface area contributed by atoms with Gasteiger partial charge in [0, 0.05) is 38.5 Å². The predicted molar refractivity (Wildman–Crippen MR) is 72.5 cm³/mol. The molecular weight excluding hydrogens is 252 g/mol. The summed E-state index contributed by atoms with van der Waals surface area (Å²) in [7, 11) is 1.69. The minimum absolute atomic E-state index is 0.555. The van der Waals surface area contributed by atoms with Crippen LogP contribution in [0.2, 0.25) is 0 Å². The molecule has 2 rings (SSSR count). The van der Waals surface area contributed by atoms with Crippen molar-refractivity contribution in [1.82, 2.24) is 14.6 Å². The average molecular weight is 269 g/mol. The van der Waals surface area contributed by atoms with Crippen LogP contribution in [0.1, 0.15) is 5.69 Å². The molecule has 2 aromatic heterocycles. The summed E-state index contributed by atoms with van der Waals surface area (Å²) in [6.45, 7) is 4.12. The lowest BCUT2D eigenvalue weighted by atomic mass is 10.3. The quantitative estimate of drug-likeness (QED) is 0.749. The van der Waals surface area contributed by atoms with Gasteiger partial charge in [-0.1, -0.05) is 0 Å². The maximum atomic E-state index is 5.85. The Hall–Kier alpha value is -1.33. The fourth-order valence-corrected chi connectivity index (χ4v) is 2.11. The van der Waals surface area contributed by atoms with Crippen molar-refractivity contribution < 1.29 is 4.74 Å². The second-order valence-corrected chi connectivity index (χ2v) is 4.41. The number of hydrogen-bond acceptors (Lipinski definition) is 4. The third-order valence-corrected chi connectivity index (χ3v) is 2.88. The zero-order valence-corrected chi connectivity index (χ0v) is 11.4. The molecule has 0 fully saturated rings. The Labute approximate surface area is 111 Å². The van der Waals surface area contributed by atoms with Crippen molar-refractivity contribution in [2.45, 2.75) is 6.92 Å². The Bertz CT molecular complexity index is 514. The fraction of sp³-hybridized carbons (Fsp3) is 0.500. The molecule has 6 heteroatoms. The van der Waals surface area contributed by atoms with E-state index in [0.29, 0.717) is 12.5 Å². The van der Waals surface area contributed by atoms with Crippen molar-refractivity contribution in [2.24, 2.45) is 0 Å². The van der Waals surface area contributed by atoms with Gasteiger partial charge in [0.25, 0.3) is 0 Å². The first-order chi connectivity index (χ1) is 8.76. The van der Waals surface area contributed by atoms with E-state index < -0.39 is 0 Å². The number of methoxy groups -OCH3 is 1. The molecule has 0 aromatic carbocycles. The van der Waals surface area contributed by atoms with Gasteiger partial charge in [-0.05, 0) is 13.0 Å². The van der Waals surface area contributed by atoms with Crippen molar-refractivity contribution >= 4 is 22.9 Å². The standard InChI is InChI=1S/C12H17ClN4O/c1-10-9-11-12(14-4-6-17(11)15-10)16(5-3-13)7-8-18-2/h4,6,9H,3,5,7-8H2,1-2H3. The van der Waals surface area contributed by atoms with Gasteiger partial charge in [-0.2, -0.15) is 5.10 Å². The van der Waals surface area contributed by atoms with E-state index in [0.717, 1.165) is 30.1 Å². The molecular formula is C12H17ClN4O. The maximum Gasteiger partial charge on any atom is 0.154 e. The lowest BCUT2D eigenvalue weighted by Gasteiger charge is -2.22. The monoisotopic (exact) mass is 268 g/mol. The predicted octanol–water partition coefficient (Wildman–Crippen LogP) is 1.73. The third-order valence-electron chi connectivity index (χ3n) is 2.71. The Morgan fingerprint density at radius 3 is 3.00 bits per heavy atom. The summed E-state index contributed by atoms with van der Waals surface area (Å²) in [6.07, 6.45) is 3.60. The first-order valence-electron chi connectivity index (χ1n) is 5.87. The van der Waals surface area contributed by atoms with E-state index in [1.54, 1.807) is 13.3 Å². The summed E-state index contributed by atoms with van der Waals surface area (Å²) in [5, 5.41) is 4.38. The number of rotatable bonds is 6. The highest BCUT2D eigenvalue weighted by atomic mass is 35.5. The number of hydrogen-bond donors (Lipinski definition) is 0. The van der Waals surface area contributed by atoms with Gasteiger partial charge >= 0.3 is 0 Å². The van der Waals surface area contributed by atoms with E-state index in [-0.39, 0.29) is 0 Å². The highest BCUT2D eigenvalue weighted by molar-refractivity contribution is 6.18. The SMILES string of the molecule is COCCN(CCCl)c1nccn2nc(C)cc12. The van der Waals surface area contributed by atoms with Crippen molar-refractivity contribution in [2.75, 3.05) is 37.6 Å². The molecule has 0 saturated carbocycles. The molecule has 0 amide bonds. The molecule has 0 spiro atoms. The molecule has 0 aliphatic rings. The van der Waals surface area contributed by atoms with Crippen LogP contribution in [0.4, 0.5) is 5.82 Å². The van der Waals surface area contributed by atoms with Crippen molar-refractivity contribution in [3.63, 3.8) is 0 Å². The average Bonchev–Trinajstić information content (AvgIpc) is 2.74. The van der Waals surface area contributed by atoms with Crippen LogP contribution in [0, 0.1) is 6.92 Å². The van der Waals surface area contributed by atoms with E-state index >= 15 is 0 Å². The topological polar surface area (TPSA) is 42.7 Å². The van der Waals surface area contributed by atoms with E-state index in [2.05, 4.69) is 15.0 Å². The molecule has 0 saturated heterocycles. The zero-order chi connectivity index (χ0) is 13.0. The molecule has 0 aliphatic carbocycles. The van der Waals surface area contributed by atoms with Crippen LogP contribution in [-0.4, -0.2) is 47.3 Å². The number of nitrogens with zero attached hydrogens (tertiary/aromatic N) is 4. The number of aromatic nitrogens is 3. The summed E-state index contributed by atoms with van der Waals surface area (Å²) >= 11 is 5.85. The Kier molecular flexibility index (Phi) is 4.38. The van der Waals surface area contributed by atoms with Gasteiger partial charge < -0.3 is 9.64 Å². The second kappa shape index (κ2) is 6.02. The van der Waals surface area contributed by atoms with E-state index in [1.807, 2.05) is 23.7 Å². The van der Waals surface area contributed by atoms with Gasteiger partial charge in [0.05, 0.1) is 12.3 Å². The van der Waals surface area contributed by atoms with Crippen LogP contribution >= 0.6 is 11.6 Å². The molecule has 0 radical (unpaired) electrons. The van der Waals surface area contributed by atoms with Crippen LogP contribution < -0.4 is 4.90 Å². The zero-order valence-electron chi connectivity index (χ0n) is 10.6. The molecule has 18 heavy (non-hydrogen) atoms. The van der Waals surface area contributed by atoms with Crippen LogP contribution in [0.15, 0.2) is 18.5 Å². The lowest BCUT2D eigenvalue weighted by Crippen LogP contribution is -2.30. The number of alkyl halides is 1. The van der Waals surface area contributed by atoms with Gasteiger partial charge in [-0.25, -0.2) is 9.50 Å². The molecule has 98 valence electrons. The van der Waals surface area contributed by atoms with Crippen LogP contribution in [0.25, 0.3) is 5.52 Å². The van der Waals surface area contributed by atoms with Gasteiger partial charge in [-0.3, -0.25) is 0 Å². The van der Waals surface area contributed by atoms with Crippen LogP contribution in [0.3, 0.4) is 0 Å². The van der Waals surface area contributed by atoms with E-state index in [9.17, 15) is 0 Å². The summed E-state index contributed by atoms with van der Waals surface area (Å²) in [5.74, 6) is 1.45. The summed E-state index contributed by atoms with van der Waals surface area (Å²) in [4.78, 5) is 6.56. The largest absolute Gasteiger partial charge is 0.383 e. The number of ether oxygens (including phenoxy) is 1. The molecule has 2 aromatic rings. The smallest absolute Gasteiger partial charge is 0.154 e. The van der Waals surface area contributed by atoms with E-state index in [4.69, 9.17) is 16.3 Å². The second-order valence-electron chi connectivity index (χ2n) is 4.04. The minimum Gasteiger partial charge on any atom is -0.383 e. The number of halogens is 1. The van der Waals surface area contributed by atoms with E-state index in [1.165, 1.54) is 0 Å². The molecule has 0 atom stereocenters. The highest BCUT2D eigenvalue weighted by Gasteiger charge is 2.12. The molecule has 0 aliphatic heterocycles. The molecule has 5 nitrogen and oxygen atoms in total. The Morgan fingerprint density at radius 2 is 2.28 bits per heavy atom. The Balaban J connectivity index is 2.36. The first kappa shape index (κ1) is 13.1. The molecule has 0 N–H and O–H groups in total. The summed E-state index contributed by atoms with van der Waals surface area (Å²) in [5.41, 5.74) is 1.97. The first-order valence-corrected chi connectivity index (χ1v) is 6.40. The van der Waals surface area contributed by atoms with Crippen LogP contribution in [0.5, 0.6) is 0 Å². The minimum atomic E-state index is 0.555. The normalized spacial score (nSPS) is 11.1. The van der Waals surface area contributed by atoms with Crippen molar-refractivity contribution in [1.29, 1.82) is 0 Å². The summed E-state index contributed by atoms with van der Waals surface area (Å²) in [6, 6.07) is 2.02. The number of anilines is 1. The fourth-order valence-electron chi connectivity index (χ4n) is 1.90.